The molecule has 2 atom stereocenters. The Labute approximate surface area is 160 Å². The molecule has 1 unspecified atom stereocenters. The number of fused-ring (bicyclic) bond motifs is 4. The molecule has 0 aromatic heterocycles. The Kier molecular flexibility index (Phi) is 4.16. The molecule has 140 valence electrons. The van der Waals surface area contributed by atoms with Crippen LogP contribution in [0.3, 0.4) is 0 Å². The fourth-order valence-electron chi connectivity index (χ4n) is 5.52. The molecule has 2 bridgehead atoms. The molecule has 0 saturated carbocycles. The van der Waals surface area contributed by atoms with Gasteiger partial charge in [-0.15, -0.1) is 0 Å². The van der Waals surface area contributed by atoms with Crippen molar-refractivity contribution < 1.29 is 9.90 Å². The predicted octanol–water partition coefficient (Wildman–Crippen LogP) is 4.12. The van der Waals surface area contributed by atoms with Gasteiger partial charge in [-0.25, -0.2) is 4.79 Å². The lowest BCUT2D eigenvalue weighted by Crippen LogP contribution is -2.47. The number of piperidine rings is 3. The molecule has 2 aromatic carbocycles. The third kappa shape index (κ3) is 2.83. The molecule has 6 rings (SSSR count). The first-order chi connectivity index (χ1) is 13.2. The molecule has 3 saturated heterocycles. The van der Waals surface area contributed by atoms with Crippen molar-refractivity contribution in [2.24, 2.45) is 5.92 Å². The van der Waals surface area contributed by atoms with Crippen molar-refractivity contribution in [3.63, 3.8) is 0 Å². The Morgan fingerprint density at radius 2 is 1.56 bits per heavy atom. The van der Waals surface area contributed by atoms with Crippen molar-refractivity contribution in [2.75, 3.05) is 26.2 Å². The minimum atomic E-state index is -0.821. The van der Waals surface area contributed by atoms with E-state index in [4.69, 9.17) is 0 Å². The molecule has 4 nitrogen and oxygen atoms in total. The van der Waals surface area contributed by atoms with Crippen LogP contribution in [0, 0.1) is 5.92 Å². The third-order valence-corrected chi connectivity index (χ3v) is 6.88. The smallest absolute Gasteiger partial charge is 0.408 e. The van der Waals surface area contributed by atoms with Crippen LogP contribution < -0.4 is 0 Å². The second-order valence-corrected chi connectivity index (χ2v) is 8.20. The van der Waals surface area contributed by atoms with E-state index in [2.05, 4.69) is 47.4 Å². The highest BCUT2D eigenvalue weighted by Crippen LogP contribution is 2.44. The highest BCUT2D eigenvalue weighted by molar-refractivity contribution is 5.68. The van der Waals surface area contributed by atoms with Crippen LogP contribution in [0.1, 0.15) is 47.1 Å². The first-order valence-electron chi connectivity index (χ1n) is 10.1. The first kappa shape index (κ1) is 16.8. The quantitative estimate of drug-likeness (QED) is 0.874. The number of nitrogens with zero attached hydrogens (tertiary/aromatic N) is 2. The first-order valence-corrected chi connectivity index (χ1v) is 10.1. The van der Waals surface area contributed by atoms with Gasteiger partial charge in [0.15, 0.2) is 0 Å². The van der Waals surface area contributed by atoms with Crippen LogP contribution in [0.15, 0.2) is 48.5 Å². The Hall–Kier alpha value is -2.33. The predicted molar refractivity (Wildman–Crippen MR) is 105 cm³/mol. The summed E-state index contributed by atoms with van der Waals surface area (Å²) >= 11 is 0. The van der Waals surface area contributed by atoms with E-state index in [-0.39, 0.29) is 6.04 Å². The molecule has 3 fully saturated rings. The Bertz CT molecular complexity index is 857. The maximum absolute atomic E-state index is 12.1. The second kappa shape index (κ2) is 6.68. The summed E-state index contributed by atoms with van der Waals surface area (Å²) < 4.78 is 0. The van der Waals surface area contributed by atoms with Crippen molar-refractivity contribution in [1.29, 1.82) is 0 Å². The molecule has 2 aromatic rings. The summed E-state index contributed by atoms with van der Waals surface area (Å²) in [5.41, 5.74) is 4.98. The largest absolute Gasteiger partial charge is 0.465 e. The van der Waals surface area contributed by atoms with Gasteiger partial charge in [-0.05, 0) is 66.4 Å². The summed E-state index contributed by atoms with van der Waals surface area (Å²) in [4.78, 5) is 16.3. The number of hydrogen-bond donors (Lipinski definition) is 1. The number of carbonyl (C=O) groups is 1. The van der Waals surface area contributed by atoms with Crippen molar-refractivity contribution in [3.05, 3.63) is 70.8 Å². The highest BCUT2D eigenvalue weighted by Gasteiger charge is 2.39. The molecular formula is C23H26N2O2. The summed E-state index contributed by atoms with van der Waals surface area (Å²) in [7, 11) is 0. The van der Waals surface area contributed by atoms with Crippen LogP contribution in [0.2, 0.25) is 0 Å². The van der Waals surface area contributed by atoms with Gasteiger partial charge in [0, 0.05) is 13.1 Å². The van der Waals surface area contributed by atoms with E-state index in [1.807, 2.05) is 6.07 Å². The van der Waals surface area contributed by atoms with E-state index in [1.54, 1.807) is 4.90 Å². The van der Waals surface area contributed by atoms with Gasteiger partial charge < -0.3 is 10.0 Å². The van der Waals surface area contributed by atoms with E-state index >= 15 is 0 Å². The monoisotopic (exact) mass is 362 g/mol. The summed E-state index contributed by atoms with van der Waals surface area (Å²) in [5.74, 6) is 1.25. The molecule has 4 aliphatic rings. The maximum atomic E-state index is 12.1. The standard InChI is InChI=1S/C23H26N2O2/c26-23(27)25-14-11-16-5-1-2-6-18(16)22(25)20-8-4-3-7-19(20)21-15-24-12-9-17(21)10-13-24/h1-8,17,21-22H,9-15H2,(H,26,27)/t21?,22-/m0/s1. The Morgan fingerprint density at radius 1 is 0.889 bits per heavy atom. The fourth-order valence-corrected chi connectivity index (χ4v) is 5.52. The average Bonchev–Trinajstić information content (AvgIpc) is 2.73. The van der Waals surface area contributed by atoms with Crippen molar-refractivity contribution in [2.45, 2.75) is 31.2 Å². The van der Waals surface area contributed by atoms with E-state index in [9.17, 15) is 9.90 Å². The fraction of sp³-hybridized carbons (Fsp3) is 0.435. The summed E-state index contributed by atoms with van der Waals surface area (Å²) in [5, 5.41) is 9.92. The number of benzene rings is 2. The van der Waals surface area contributed by atoms with Gasteiger partial charge in [0.25, 0.3) is 0 Å². The van der Waals surface area contributed by atoms with Crippen molar-refractivity contribution >= 4 is 6.09 Å². The van der Waals surface area contributed by atoms with Crippen LogP contribution in [-0.4, -0.2) is 47.2 Å². The molecule has 4 heterocycles. The molecular weight excluding hydrogens is 336 g/mol. The normalized spacial score (nSPS) is 29.4. The zero-order chi connectivity index (χ0) is 18.4. The summed E-state index contributed by atoms with van der Waals surface area (Å²) in [6, 6.07) is 16.8. The highest BCUT2D eigenvalue weighted by atomic mass is 16.4. The van der Waals surface area contributed by atoms with Crippen LogP contribution in [0.5, 0.6) is 0 Å². The lowest BCUT2D eigenvalue weighted by Gasteiger charge is -2.46. The van der Waals surface area contributed by atoms with E-state index < -0.39 is 6.09 Å². The van der Waals surface area contributed by atoms with E-state index in [0.29, 0.717) is 12.5 Å². The minimum absolute atomic E-state index is 0.195. The van der Waals surface area contributed by atoms with Gasteiger partial charge in [0.05, 0.1) is 6.04 Å². The van der Waals surface area contributed by atoms with Gasteiger partial charge in [0.2, 0.25) is 0 Å². The van der Waals surface area contributed by atoms with Crippen LogP contribution in [0.4, 0.5) is 4.79 Å². The number of amides is 1. The van der Waals surface area contributed by atoms with Gasteiger partial charge in [-0.2, -0.15) is 0 Å². The lowest BCUT2D eigenvalue weighted by molar-refractivity contribution is 0.0857. The zero-order valence-electron chi connectivity index (χ0n) is 15.6. The van der Waals surface area contributed by atoms with E-state index in [1.165, 1.54) is 42.6 Å². The van der Waals surface area contributed by atoms with Crippen LogP contribution in [0.25, 0.3) is 0 Å². The lowest BCUT2D eigenvalue weighted by atomic mass is 9.72. The molecule has 4 aliphatic heterocycles. The molecule has 0 spiro atoms. The molecule has 27 heavy (non-hydrogen) atoms. The maximum Gasteiger partial charge on any atom is 0.408 e. The van der Waals surface area contributed by atoms with Gasteiger partial charge >= 0.3 is 6.09 Å². The molecule has 1 N–H and O–H groups in total. The van der Waals surface area contributed by atoms with Crippen LogP contribution >= 0.6 is 0 Å². The SMILES string of the molecule is O=C(O)N1CCc2ccccc2[C@H]1c1ccccc1C1CN2CCC1CC2. The second-order valence-electron chi connectivity index (χ2n) is 8.20. The summed E-state index contributed by atoms with van der Waals surface area (Å²) in [6.45, 7) is 4.11. The van der Waals surface area contributed by atoms with Gasteiger partial charge in [-0.1, -0.05) is 48.5 Å². The van der Waals surface area contributed by atoms with Crippen molar-refractivity contribution in [3.8, 4) is 0 Å². The minimum Gasteiger partial charge on any atom is -0.465 e. The number of rotatable bonds is 2. The van der Waals surface area contributed by atoms with Gasteiger partial charge in [-0.3, -0.25) is 4.90 Å². The number of carboxylic acid groups (broad SMARTS) is 1. The Balaban J connectivity index is 1.62. The molecule has 1 amide bonds. The average molecular weight is 362 g/mol. The molecule has 4 heteroatoms. The molecule has 0 radical (unpaired) electrons. The Morgan fingerprint density at radius 3 is 2.22 bits per heavy atom. The van der Waals surface area contributed by atoms with Gasteiger partial charge in [0.1, 0.15) is 0 Å². The zero-order valence-corrected chi connectivity index (χ0v) is 15.6. The third-order valence-electron chi connectivity index (χ3n) is 6.88. The topological polar surface area (TPSA) is 43.8 Å². The van der Waals surface area contributed by atoms with E-state index in [0.717, 1.165) is 24.4 Å². The molecule has 0 aliphatic carbocycles. The van der Waals surface area contributed by atoms with Crippen molar-refractivity contribution in [1.82, 2.24) is 9.80 Å². The number of hydrogen-bond acceptors (Lipinski definition) is 2. The summed E-state index contributed by atoms with van der Waals surface area (Å²) in [6.07, 6.45) is 2.51. The van der Waals surface area contributed by atoms with Crippen LogP contribution in [-0.2, 0) is 6.42 Å².